The van der Waals surface area contributed by atoms with E-state index >= 15 is 0 Å². The second kappa shape index (κ2) is 6.67. The van der Waals surface area contributed by atoms with E-state index in [9.17, 15) is 14.9 Å². The molecule has 2 rings (SSSR count). The van der Waals surface area contributed by atoms with Crippen LogP contribution < -0.4 is 4.90 Å². The third kappa shape index (κ3) is 3.58. The van der Waals surface area contributed by atoms with Gasteiger partial charge < -0.3 is 9.64 Å². The molecule has 0 N–H and O–H groups in total. The Balaban J connectivity index is 2.29. The molecule has 0 spiro atoms. The number of piperidine rings is 1. The van der Waals surface area contributed by atoms with Crippen LogP contribution in [-0.4, -0.2) is 36.5 Å². The summed E-state index contributed by atoms with van der Waals surface area (Å²) in [7, 11) is 0. The summed E-state index contributed by atoms with van der Waals surface area (Å²) in [5.41, 5.74) is 0.915. The van der Waals surface area contributed by atoms with E-state index in [1.165, 1.54) is 13.0 Å². The summed E-state index contributed by atoms with van der Waals surface area (Å²) in [6.07, 6.45) is 2.02. The smallest absolute Gasteiger partial charge is 0.293 e. The topological polar surface area (TPSA) is 72.7 Å². The highest BCUT2D eigenvalue weighted by atomic mass is 16.6. The average Bonchev–Trinajstić information content (AvgIpc) is 2.47. The van der Waals surface area contributed by atoms with E-state index in [2.05, 4.69) is 0 Å². The van der Waals surface area contributed by atoms with Gasteiger partial charge in [0.25, 0.3) is 5.69 Å². The highest BCUT2D eigenvalue weighted by Crippen LogP contribution is 2.31. The van der Waals surface area contributed by atoms with Gasteiger partial charge in [0, 0.05) is 31.3 Å². The van der Waals surface area contributed by atoms with Crippen molar-refractivity contribution in [2.75, 3.05) is 24.6 Å². The molecule has 0 bridgehead atoms. The molecular weight excluding hydrogens is 272 g/mol. The van der Waals surface area contributed by atoms with Crippen molar-refractivity contribution in [3.05, 3.63) is 33.9 Å². The molecule has 1 aliphatic rings. The minimum absolute atomic E-state index is 0.0140. The molecule has 1 saturated heterocycles. The maximum absolute atomic E-state index is 11.4. The average molecular weight is 292 g/mol. The van der Waals surface area contributed by atoms with E-state index in [0.717, 1.165) is 19.4 Å². The lowest BCUT2D eigenvalue weighted by molar-refractivity contribution is -0.384. The molecule has 21 heavy (non-hydrogen) atoms. The Hall–Kier alpha value is -1.95. The monoisotopic (exact) mass is 292 g/mol. The van der Waals surface area contributed by atoms with Crippen LogP contribution in [0.1, 0.15) is 37.0 Å². The van der Waals surface area contributed by atoms with Gasteiger partial charge in [0.1, 0.15) is 5.69 Å². The summed E-state index contributed by atoms with van der Waals surface area (Å²) in [6, 6.07) is 4.68. The zero-order valence-electron chi connectivity index (χ0n) is 12.4. The van der Waals surface area contributed by atoms with E-state index in [1.54, 1.807) is 12.1 Å². The molecule has 0 aromatic heterocycles. The predicted molar refractivity (Wildman–Crippen MR) is 80.0 cm³/mol. The number of hydrogen-bond donors (Lipinski definition) is 0. The first kappa shape index (κ1) is 15.4. The molecule has 1 fully saturated rings. The number of Topliss-reactive ketones (excluding diaryl/α,β-unsaturated/α-hetero) is 1. The maximum Gasteiger partial charge on any atom is 0.293 e. The molecule has 6 nitrogen and oxygen atoms in total. The molecule has 0 amide bonds. The van der Waals surface area contributed by atoms with Crippen molar-refractivity contribution in [3.63, 3.8) is 0 Å². The SMILES string of the molecule is CCOC1CCCN(c2ccc(C(C)=O)cc2[N+](=O)[O-])C1. The van der Waals surface area contributed by atoms with E-state index in [4.69, 9.17) is 4.74 Å². The number of nitrogens with zero attached hydrogens (tertiary/aromatic N) is 2. The number of rotatable bonds is 5. The number of carbonyl (C=O) groups is 1. The van der Waals surface area contributed by atoms with Crippen LogP contribution in [0.15, 0.2) is 18.2 Å². The third-order valence-corrected chi connectivity index (χ3v) is 3.70. The summed E-state index contributed by atoms with van der Waals surface area (Å²) in [4.78, 5) is 24.2. The summed E-state index contributed by atoms with van der Waals surface area (Å²) < 4.78 is 5.63. The van der Waals surface area contributed by atoms with Crippen LogP contribution in [0.4, 0.5) is 11.4 Å². The Morgan fingerprint density at radius 1 is 1.52 bits per heavy atom. The van der Waals surface area contributed by atoms with Gasteiger partial charge in [-0.05, 0) is 38.8 Å². The van der Waals surface area contributed by atoms with E-state index in [1.807, 2.05) is 11.8 Å². The Morgan fingerprint density at radius 2 is 2.29 bits per heavy atom. The van der Waals surface area contributed by atoms with E-state index < -0.39 is 4.92 Å². The van der Waals surface area contributed by atoms with Crippen LogP contribution in [0.3, 0.4) is 0 Å². The molecule has 1 heterocycles. The first-order valence-electron chi connectivity index (χ1n) is 7.18. The van der Waals surface area contributed by atoms with Crippen LogP contribution in [0, 0.1) is 10.1 Å². The molecule has 1 unspecified atom stereocenters. The maximum atomic E-state index is 11.4. The third-order valence-electron chi connectivity index (χ3n) is 3.70. The minimum Gasteiger partial charge on any atom is -0.377 e. The Morgan fingerprint density at radius 3 is 2.90 bits per heavy atom. The molecule has 0 radical (unpaired) electrons. The second-order valence-electron chi connectivity index (χ2n) is 5.18. The van der Waals surface area contributed by atoms with Crippen LogP contribution in [0.5, 0.6) is 0 Å². The van der Waals surface area contributed by atoms with Crippen LogP contribution in [-0.2, 0) is 4.74 Å². The lowest BCUT2D eigenvalue weighted by Gasteiger charge is -2.33. The largest absolute Gasteiger partial charge is 0.377 e. The number of hydrogen-bond acceptors (Lipinski definition) is 5. The molecule has 0 saturated carbocycles. The van der Waals surface area contributed by atoms with Crippen LogP contribution >= 0.6 is 0 Å². The first-order chi connectivity index (χ1) is 10.0. The number of anilines is 1. The van der Waals surface area contributed by atoms with Crippen molar-refractivity contribution in [2.45, 2.75) is 32.8 Å². The lowest BCUT2D eigenvalue weighted by Crippen LogP contribution is -2.40. The van der Waals surface area contributed by atoms with Crippen LogP contribution in [0.25, 0.3) is 0 Å². The minimum atomic E-state index is -0.425. The highest BCUT2D eigenvalue weighted by molar-refractivity contribution is 5.95. The van der Waals surface area contributed by atoms with Gasteiger partial charge in [-0.3, -0.25) is 14.9 Å². The normalized spacial score (nSPS) is 18.6. The van der Waals surface area contributed by atoms with Gasteiger partial charge in [0.2, 0.25) is 0 Å². The van der Waals surface area contributed by atoms with Crippen molar-refractivity contribution in [1.82, 2.24) is 0 Å². The highest BCUT2D eigenvalue weighted by Gasteiger charge is 2.26. The van der Waals surface area contributed by atoms with Crippen molar-refractivity contribution in [1.29, 1.82) is 0 Å². The van der Waals surface area contributed by atoms with Gasteiger partial charge in [-0.15, -0.1) is 0 Å². The summed E-state index contributed by atoms with van der Waals surface area (Å²) in [5.74, 6) is -0.171. The zero-order valence-corrected chi connectivity index (χ0v) is 12.4. The van der Waals surface area contributed by atoms with E-state index in [-0.39, 0.29) is 17.6 Å². The van der Waals surface area contributed by atoms with Gasteiger partial charge in [-0.1, -0.05) is 0 Å². The molecule has 1 aromatic rings. The van der Waals surface area contributed by atoms with Crippen molar-refractivity contribution < 1.29 is 14.5 Å². The number of nitro benzene ring substituents is 1. The molecule has 1 aliphatic heterocycles. The zero-order chi connectivity index (χ0) is 15.4. The fourth-order valence-corrected chi connectivity index (χ4v) is 2.68. The van der Waals surface area contributed by atoms with Gasteiger partial charge in [0.05, 0.1) is 11.0 Å². The fraction of sp³-hybridized carbons (Fsp3) is 0.533. The lowest BCUT2D eigenvalue weighted by atomic mass is 10.0. The fourth-order valence-electron chi connectivity index (χ4n) is 2.68. The van der Waals surface area contributed by atoms with E-state index in [0.29, 0.717) is 24.4 Å². The summed E-state index contributed by atoms with van der Waals surface area (Å²) >= 11 is 0. The molecule has 1 aromatic carbocycles. The second-order valence-corrected chi connectivity index (χ2v) is 5.18. The summed E-state index contributed by atoms with van der Waals surface area (Å²) in [5, 5.41) is 11.3. The molecule has 0 aliphatic carbocycles. The number of carbonyl (C=O) groups excluding carboxylic acids is 1. The van der Waals surface area contributed by atoms with Crippen molar-refractivity contribution in [3.8, 4) is 0 Å². The van der Waals surface area contributed by atoms with Crippen molar-refractivity contribution in [2.24, 2.45) is 0 Å². The van der Waals surface area contributed by atoms with Gasteiger partial charge in [-0.25, -0.2) is 0 Å². The number of ketones is 1. The molecular formula is C15H20N2O4. The van der Waals surface area contributed by atoms with Gasteiger partial charge >= 0.3 is 0 Å². The van der Waals surface area contributed by atoms with Gasteiger partial charge in [0.15, 0.2) is 5.78 Å². The number of benzene rings is 1. The Bertz CT molecular complexity index is 542. The molecule has 1 atom stereocenters. The number of ether oxygens (including phenoxy) is 1. The first-order valence-corrected chi connectivity index (χ1v) is 7.18. The Labute approximate surface area is 123 Å². The standard InChI is InChI=1S/C15H20N2O4/c1-3-21-13-5-4-8-16(10-13)14-7-6-12(11(2)18)9-15(14)17(19)20/h6-7,9,13H,3-5,8,10H2,1-2H3. The van der Waals surface area contributed by atoms with Gasteiger partial charge in [-0.2, -0.15) is 0 Å². The quantitative estimate of drug-likeness (QED) is 0.474. The molecule has 6 heteroatoms. The predicted octanol–water partition coefficient (Wildman–Crippen LogP) is 2.80. The van der Waals surface area contributed by atoms with Crippen LogP contribution in [0.2, 0.25) is 0 Å². The van der Waals surface area contributed by atoms with Crippen molar-refractivity contribution >= 4 is 17.2 Å². The molecule has 114 valence electrons. The number of nitro groups is 1. The summed E-state index contributed by atoms with van der Waals surface area (Å²) in [6.45, 7) is 5.41. The Kier molecular flexibility index (Phi) is 4.90.